The first-order valence-electron chi connectivity index (χ1n) is 5.87. The van der Waals surface area contributed by atoms with Gasteiger partial charge >= 0.3 is 0 Å². The van der Waals surface area contributed by atoms with E-state index in [1.807, 2.05) is 0 Å². The molecule has 0 bridgehead atoms. The molecule has 0 radical (unpaired) electrons. The highest BCUT2D eigenvalue weighted by Gasteiger charge is 2.29. The van der Waals surface area contributed by atoms with E-state index < -0.39 is 0 Å². The molecule has 1 saturated heterocycles. The molecule has 1 aliphatic rings. The summed E-state index contributed by atoms with van der Waals surface area (Å²) in [5, 5.41) is 3.53. The topological polar surface area (TPSA) is 12.0 Å². The molecule has 1 heterocycles. The van der Waals surface area contributed by atoms with E-state index in [2.05, 4.69) is 33.0 Å². The van der Waals surface area contributed by atoms with Crippen LogP contribution < -0.4 is 5.32 Å². The molecule has 3 unspecified atom stereocenters. The van der Waals surface area contributed by atoms with E-state index in [0.29, 0.717) is 0 Å². The van der Waals surface area contributed by atoms with Crippen LogP contribution in [-0.2, 0) is 0 Å². The Balaban J connectivity index is 2.55. The van der Waals surface area contributed by atoms with Crippen LogP contribution in [0, 0.1) is 23.7 Å². The molecule has 0 amide bonds. The van der Waals surface area contributed by atoms with Gasteiger partial charge < -0.3 is 5.32 Å². The molecule has 78 valence electrons. The molecule has 3 atom stereocenters. The Labute approximate surface area is 83.3 Å². The number of rotatable bonds is 3. The third-order valence-electron chi connectivity index (χ3n) is 3.77. The second-order valence-electron chi connectivity index (χ2n) is 4.95. The van der Waals surface area contributed by atoms with Gasteiger partial charge in [-0.05, 0) is 43.2 Å². The summed E-state index contributed by atoms with van der Waals surface area (Å²) in [5.41, 5.74) is 0. The molecule has 0 saturated carbocycles. The second kappa shape index (κ2) is 4.99. The lowest BCUT2D eigenvalue weighted by atomic mass is 9.73. The summed E-state index contributed by atoms with van der Waals surface area (Å²) in [4.78, 5) is 0. The highest BCUT2D eigenvalue weighted by Crippen LogP contribution is 2.32. The normalized spacial score (nSPS) is 32.1. The Morgan fingerprint density at radius 2 is 2.08 bits per heavy atom. The lowest BCUT2D eigenvalue weighted by Gasteiger charge is -2.37. The zero-order valence-corrected chi connectivity index (χ0v) is 9.64. The minimum atomic E-state index is 0.845. The van der Waals surface area contributed by atoms with Crippen molar-refractivity contribution in [1.82, 2.24) is 5.32 Å². The van der Waals surface area contributed by atoms with E-state index in [4.69, 9.17) is 0 Å². The molecule has 0 aromatic rings. The first kappa shape index (κ1) is 11.0. The van der Waals surface area contributed by atoms with Gasteiger partial charge in [0.05, 0.1) is 0 Å². The van der Waals surface area contributed by atoms with E-state index in [-0.39, 0.29) is 0 Å². The van der Waals surface area contributed by atoms with Gasteiger partial charge in [-0.25, -0.2) is 0 Å². The maximum absolute atomic E-state index is 3.53. The average Bonchev–Trinajstić information content (AvgIpc) is 2.09. The van der Waals surface area contributed by atoms with Crippen molar-refractivity contribution in [2.75, 3.05) is 13.1 Å². The van der Waals surface area contributed by atoms with Crippen LogP contribution >= 0.6 is 0 Å². The summed E-state index contributed by atoms with van der Waals surface area (Å²) >= 11 is 0. The van der Waals surface area contributed by atoms with Crippen LogP contribution in [0.3, 0.4) is 0 Å². The van der Waals surface area contributed by atoms with Crippen LogP contribution in [0.1, 0.15) is 40.5 Å². The quantitative estimate of drug-likeness (QED) is 0.709. The first-order chi connectivity index (χ1) is 6.16. The summed E-state index contributed by atoms with van der Waals surface area (Å²) in [6, 6.07) is 0. The summed E-state index contributed by atoms with van der Waals surface area (Å²) in [6.07, 6.45) is 2.71. The lowest BCUT2D eigenvalue weighted by molar-refractivity contribution is 0.146. The van der Waals surface area contributed by atoms with Crippen molar-refractivity contribution in [2.45, 2.75) is 40.5 Å². The fourth-order valence-corrected chi connectivity index (χ4v) is 2.86. The Kier molecular flexibility index (Phi) is 4.24. The van der Waals surface area contributed by atoms with Crippen molar-refractivity contribution in [3.63, 3.8) is 0 Å². The predicted molar refractivity (Wildman–Crippen MR) is 58.8 cm³/mol. The van der Waals surface area contributed by atoms with Gasteiger partial charge in [-0.2, -0.15) is 0 Å². The highest BCUT2D eigenvalue weighted by molar-refractivity contribution is 4.81. The standard InChI is InChI=1S/C12H25N/c1-5-11(9(2)3)12-8-13-7-6-10(12)4/h9-13H,5-8H2,1-4H3. The van der Waals surface area contributed by atoms with E-state index in [1.54, 1.807) is 0 Å². The molecule has 1 nitrogen and oxygen atoms in total. The molecule has 0 aliphatic carbocycles. The third-order valence-corrected chi connectivity index (χ3v) is 3.77. The molecule has 0 aromatic carbocycles. The van der Waals surface area contributed by atoms with E-state index in [9.17, 15) is 0 Å². The van der Waals surface area contributed by atoms with E-state index in [1.165, 1.54) is 25.9 Å². The Hall–Kier alpha value is -0.0400. The van der Waals surface area contributed by atoms with Gasteiger partial charge in [0.2, 0.25) is 0 Å². The van der Waals surface area contributed by atoms with Crippen molar-refractivity contribution in [1.29, 1.82) is 0 Å². The molecule has 1 heteroatoms. The number of piperidine rings is 1. The summed E-state index contributed by atoms with van der Waals surface area (Å²) in [7, 11) is 0. The summed E-state index contributed by atoms with van der Waals surface area (Å²) < 4.78 is 0. The zero-order valence-electron chi connectivity index (χ0n) is 9.64. The van der Waals surface area contributed by atoms with Gasteiger partial charge in [0.1, 0.15) is 0 Å². The van der Waals surface area contributed by atoms with Gasteiger partial charge in [-0.1, -0.05) is 34.1 Å². The Bertz CT molecular complexity index is 142. The van der Waals surface area contributed by atoms with Crippen molar-refractivity contribution >= 4 is 0 Å². The van der Waals surface area contributed by atoms with Crippen LogP contribution in [0.2, 0.25) is 0 Å². The van der Waals surface area contributed by atoms with Gasteiger partial charge in [0, 0.05) is 0 Å². The average molecular weight is 183 g/mol. The van der Waals surface area contributed by atoms with Gasteiger partial charge in [0.15, 0.2) is 0 Å². The molecule has 13 heavy (non-hydrogen) atoms. The Morgan fingerprint density at radius 1 is 1.38 bits per heavy atom. The molecule has 1 fully saturated rings. The third kappa shape index (κ3) is 2.70. The molecular formula is C12H25N. The summed E-state index contributed by atoms with van der Waals surface area (Å²) in [5.74, 6) is 3.60. The van der Waals surface area contributed by atoms with Gasteiger partial charge in [0.25, 0.3) is 0 Å². The smallest absolute Gasteiger partial charge is 0.00152 e. The van der Waals surface area contributed by atoms with Crippen LogP contribution in [0.25, 0.3) is 0 Å². The van der Waals surface area contributed by atoms with Crippen LogP contribution in [-0.4, -0.2) is 13.1 Å². The van der Waals surface area contributed by atoms with Gasteiger partial charge in [-0.15, -0.1) is 0 Å². The molecule has 0 spiro atoms. The van der Waals surface area contributed by atoms with Crippen molar-refractivity contribution in [3.05, 3.63) is 0 Å². The minimum Gasteiger partial charge on any atom is -0.316 e. The maximum atomic E-state index is 3.53. The molecule has 0 aromatic heterocycles. The molecule has 1 rings (SSSR count). The predicted octanol–water partition coefficient (Wildman–Crippen LogP) is 2.91. The largest absolute Gasteiger partial charge is 0.316 e. The monoisotopic (exact) mass is 183 g/mol. The van der Waals surface area contributed by atoms with Crippen LogP contribution in [0.4, 0.5) is 0 Å². The fourth-order valence-electron chi connectivity index (χ4n) is 2.86. The van der Waals surface area contributed by atoms with Crippen LogP contribution in [0.15, 0.2) is 0 Å². The zero-order chi connectivity index (χ0) is 9.84. The summed E-state index contributed by atoms with van der Waals surface area (Å²) in [6.45, 7) is 12.0. The van der Waals surface area contributed by atoms with E-state index >= 15 is 0 Å². The van der Waals surface area contributed by atoms with Crippen molar-refractivity contribution < 1.29 is 0 Å². The van der Waals surface area contributed by atoms with Gasteiger partial charge in [-0.3, -0.25) is 0 Å². The second-order valence-corrected chi connectivity index (χ2v) is 4.95. The SMILES string of the molecule is CCC(C(C)C)C1CNCCC1C. The fraction of sp³-hybridized carbons (Fsp3) is 1.00. The van der Waals surface area contributed by atoms with Crippen molar-refractivity contribution in [3.8, 4) is 0 Å². The number of hydrogen-bond donors (Lipinski definition) is 1. The number of nitrogens with one attached hydrogen (secondary N) is 1. The van der Waals surface area contributed by atoms with Crippen molar-refractivity contribution in [2.24, 2.45) is 23.7 Å². The van der Waals surface area contributed by atoms with E-state index in [0.717, 1.165) is 23.7 Å². The lowest BCUT2D eigenvalue weighted by Crippen LogP contribution is -2.40. The minimum absolute atomic E-state index is 0.845. The highest BCUT2D eigenvalue weighted by atomic mass is 14.9. The first-order valence-corrected chi connectivity index (χ1v) is 5.87. The number of hydrogen-bond acceptors (Lipinski definition) is 1. The Morgan fingerprint density at radius 3 is 2.54 bits per heavy atom. The molecule has 1 N–H and O–H groups in total. The molecular weight excluding hydrogens is 158 g/mol. The van der Waals surface area contributed by atoms with Crippen LogP contribution in [0.5, 0.6) is 0 Å². The molecule has 1 aliphatic heterocycles. The maximum Gasteiger partial charge on any atom is -0.00152 e.